The Hall–Kier alpha value is -4.21. The third-order valence-electron chi connectivity index (χ3n) is 6.88. The highest BCUT2D eigenvalue weighted by atomic mass is 16.5. The average Bonchev–Trinajstić information content (AvgIpc) is 3.59. The summed E-state index contributed by atoms with van der Waals surface area (Å²) >= 11 is 0. The van der Waals surface area contributed by atoms with E-state index in [-0.39, 0.29) is 18.7 Å². The van der Waals surface area contributed by atoms with Crippen LogP contribution in [0.3, 0.4) is 0 Å². The van der Waals surface area contributed by atoms with Gasteiger partial charge in [0.2, 0.25) is 0 Å². The summed E-state index contributed by atoms with van der Waals surface area (Å²) in [4.78, 5) is 23.9. The highest BCUT2D eigenvalue weighted by molar-refractivity contribution is 6.01. The second-order valence-corrected chi connectivity index (χ2v) is 9.58. The number of nitrogens with one attached hydrogen (secondary N) is 1. The van der Waals surface area contributed by atoms with Gasteiger partial charge in [0.05, 0.1) is 19.5 Å². The van der Waals surface area contributed by atoms with Crippen molar-refractivity contribution in [2.75, 3.05) is 26.9 Å². The Balaban J connectivity index is 1.41. The van der Waals surface area contributed by atoms with Gasteiger partial charge in [0, 0.05) is 24.9 Å². The molecule has 3 aromatic rings. The Morgan fingerprint density at radius 2 is 1.87 bits per heavy atom. The molecule has 1 atom stereocenters. The molecule has 38 heavy (non-hydrogen) atoms. The molecule has 0 radical (unpaired) electrons. The number of tetrazole rings is 1. The Morgan fingerprint density at radius 3 is 2.55 bits per heavy atom. The van der Waals surface area contributed by atoms with E-state index >= 15 is 0 Å². The first kappa shape index (κ1) is 25.4. The number of rotatable bonds is 10. The summed E-state index contributed by atoms with van der Waals surface area (Å²) in [5, 5.41) is 14.4. The van der Waals surface area contributed by atoms with Gasteiger partial charge >= 0.3 is 5.97 Å². The third-order valence-corrected chi connectivity index (χ3v) is 6.88. The van der Waals surface area contributed by atoms with Crippen LogP contribution in [0.15, 0.2) is 65.4 Å². The van der Waals surface area contributed by atoms with E-state index in [0.717, 1.165) is 60.6 Å². The van der Waals surface area contributed by atoms with E-state index in [0.29, 0.717) is 12.5 Å². The molecular weight excluding hydrogens is 480 g/mol. The van der Waals surface area contributed by atoms with Gasteiger partial charge in [-0.2, -0.15) is 0 Å². The number of fused-ring (bicyclic) bond motifs is 1. The zero-order chi connectivity index (χ0) is 26.5. The summed E-state index contributed by atoms with van der Waals surface area (Å²) in [6.45, 7) is 6.80. The first-order valence-electron chi connectivity index (χ1n) is 13.2. The van der Waals surface area contributed by atoms with Crippen molar-refractivity contribution in [2.45, 2.75) is 45.8 Å². The molecule has 2 aliphatic rings. The number of methoxy groups -OCH3 is 1. The summed E-state index contributed by atoms with van der Waals surface area (Å²) in [6, 6.07) is 16.7. The number of benzene rings is 2. The lowest BCUT2D eigenvalue weighted by molar-refractivity contribution is -0.141. The molecule has 0 fully saturated rings. The number of esters is 1. The minimum Gasteiger partial charge on any atom is -0.468 e. The van der Waals surface area contributed by atoms with E-state index in [1.165, 1.54) is 12.7 Å². The van der Waals surface area contributed by atoms with Crippen LogP contribution in [-0.4, -0.2) is 80.2 Å². The first-order valence-corrected chi connectivity index (χ1v) is 13.2. The number of hydrogen-bond acceptors (Lipinski definition) is 9. The SMILES string of the molecule is CCCC1N=C2C(=CN(CCC)CN2CC(=O)OC)N1Cc1ccc(-c2ccccc2-c2nnn[nH]2)cc1. The largest absolute Gasteiger partial charge is 0.468 e. The highest BCUT2D eigenvalue weighted by Crippen LogP contribution is 2.33. The third kappa shape index (κ3) is 5.25. The summed E-state index contributed by atoms with van der Waals surface area (Å²) in [5.74, 6) is 1.27. The van der Waals surface area contributed by atoms with E-state index in [9.17, 15) is 4.79 Å². The number of aliphatic imine (C=N–C) groups is 1. The number of amidine groups is 1. The zero-order valence-electron chi connectivity index (χ0n) is 22.2. The molecule has 5 rings (SSSR count). The lowest BCUT2D eigenvalue weighted by Gasteiger charge is -2.37. The van der Waals surface area contributed by atoms with Gasteiger partial charge in [0.15, 0.2) is 11.7 Å². The van der Waals surface area contributed by atoms with Gasteiger partial charge in [0.25, 0.3) is 0 Å². The normalized spacial score (nSPS) is 16.8. The molecule has 198 valence electrons. The number of ether oxygens (including phenoxy) is 1. The molecule has 1 unspecified atom stereocenters. The number of H-pyrrole nitrogens is 1. The maximum atomic E-state index is 12.2. The molecule has 0 amide bonds. The topological polar surface area (TPSA) is 103 Å². The van der Waals surface area contributed by atoms with Crippen molar-refractivity contribution in [1.82, 2.24) is 35.3 Å². The van der Waals surface area contributed by atoms with Gasteiger partial charge in [-0.05, 0) is 40.0 Å². The van der Waals surface area contributed by atoms with Crippen molar-refractivity contribution in [3.8, 4) is 22.5 Å². The first-order chi connectivity index (χ1) is 18.6. The predicted octanol–water partition coefficient (Wildman–Crippen LogP) is 3.87. The van der Waals surface area contributed by atoms with E-state index in [1.54, 1.807) is 0 Å². The summed E-state index contributed by atoms with van der Waals surface area (Å²) in [7, 11) is 1.43. The number of carbonyl (C=O) groups is 1. The van der Waals surface area contributed by atoms with Gasteiger partial charge < -0.3 is 19.4 Å². The van der Waals surface area contributed by atoms with Crippen molar-refractivity contribution >= 4 is 11.8 Å². The van der Waals surface area contributed by atoms with Crippen LogP contribution in [0.2, 0.25) is 0 Å². The van der Waals surface area contributed by atoms with E-state index in [1.807, 2.05) is 23.1 Å². The Bertz CT molecular complexity index is 1300. The lowest BCUT2D eigenvalue weighted by atomic mass is 9.98. The zero-order valence-corrected chi connectivity index (χ0v) is 22.2. The minimum absolute atomic E-state index is 0.0299. The fourth-order valence-corrected chi connectivity index (χ4v) is 5.08. The van der Waals surface area contributed by atoms with Gasteiger partial charge in [-0.1, -0.05) is 68.8 Å². The maximum absolute atomic E-state index is 12.2. The van der Waals surface area contributed by atoms with E-state index < -0.39 is 0 Å². The molecule has 10 heteroatoms. The second kappa shape index (κ2) is 11.5. The van der Waals surface area contributed by atoms with Crippen LogP contribution in [0, 0.1) is 0 Å². The highest BCUT2D eigenvalue weighted by Gasteiger charge is 2.37. The Morgan fingerprint density at radius 1 is 1.08 bits per heavy atom. The molecule has 1 N–H and O–H groups in total. The van der Waals surface area contributed by atoms with Crippen molar-refractivity contribution < 1.29 is 9.53 Å². The number of nitrogens with zero attached hydrogens (tertiary/aromatic N) is 7. The van der Waals surface area contributed by atoms with Crippen LogP contribution < -0.4 is 0 Å². The maximum Gasteiger partial charge on any atom is 0.325 e. The molecule has 1 aromatic heterocycles. The van der Waals surface area contributed by atoms with Crippen molar-refractivity contribution in [2.24, 2.45) is 4.99 Å². The van der Waals surface area contributed by atoms with Gasteiger partial charge in [-0.25, -0.2) is 10.1 Å². The predicted molar refractivity (Wildman–Crippen MR) is 145 cm³/mol. The monoisotopic (exact) mass is 514 g/mol. The summed E-state index contributed by atoms with van der Waals surface area (Å²) in [5.41, 5.74) is 5.38. The molecular formula is C28H34N8O2. The molecule has 0 bridgehead atoms. The molecule has 3 heterocycles. The fourth-order valence-electron chi connectivity index (χ4n) is 5.08. The van der Waals surface area contributed by atoms with Crippen LogP contribution in [0.1, 0.15) is 38.7 Å². The van der Waals surface area contributed by atoms with Gasteiger partial charge in [-0.3, -0.25) is 4.79 Å². The molecule has 2 aromatic carbocycles. The average molecular weight is 515 g/mol. The smallest absolute Gasteiger partial charge is 0.325 e. The second-order valence-electron chi connectivity index (χ2n) is 9.58. The van der Waals surface area contributed by atoms with Gasteiger partial charge in [-0.15, -0.1) is 5.10 Å². The number of carbonyl (C=O) groups excluding carboxylic acids is 1. The number of aromatic nitrogens is 4. The minimum atomic E-state index is -0.257. The Kier molecular flexibility index (Phi) is 7.67. The van der Waals surface area contributed by atoms with E-state index in [4.69, 9.17) is 9.73 Å². The summed E-state index contributed by atoms with van der Waals surface area (Å²) in [6.07, 6.45) is 5.22. The van der Waals surface area contributed by atoms with Crippen LogP contribution >= 0.6 is 0 Å². The van der Waals surface area contributed by atoms with E-state index in [2.05, 4.69) is 80.8 Å². The van der Waals surface area contributed by atoms with Crippen LogP contribution in [0.25, 0.3) is 22.5 Å². The molecule has 2 aliphatic heterocycles. The Labute approximate surface area is 223 Å². The molecule has 0 spiro atoms. The number of hydrogen-bond donors (Lipinski definition) is 1. The molecule has 0 saturated carbocycles. The van der Waals surface area contributed by atoms with Gasteiger partial charge in [0.1, 0.15) is 12.7 Å². The van der Waals surface area contributed by atoms with Crippen LogP contribution in [0.5, 0.6) is 0 Å². The number of aromatic amines is 1. The lowest BCUT2D eigenvalue weighted by Crippen LogP contribution is -2.48. The molecule has 0 saturated heterocycles. The van der Waals surface area contributed by atoms with Crippen LogP contribution in [0.4, 0.5) is 0 Å². The van der Waals surface area contributed by atoms with Crippen molar-refractivity contribution in [3.05, 3.63) is 66.0 Å². The molecule has 10 nitrogen and oxygen atoms in total. The fraction of sp³-hybridized carbons (Fsp3) is 0.393. The standard InChI is InChI=1S/C28H34N8O2/c1-4-8-25-29-28-24(17-34(15-5-2)19-35(28)18-26(37)38-3)36(25)16-20-11-13-21(14-12-20)22-9-6-7-10-23(22)27-30-32-33-31-27/h6-7,9-14,17,25H,4-5,8,15-16,18-19H2,1-3H3,(H,30,31,32,33). The van der Waals surface area contributed by atoms with Crippen molar-refractivity contribution in [1.29, 1.82) is 0 Å². The van der Waals surface area contributed by atoms with Crippen molar-refractivity contribution in [3.63, 3.8) is 0 Å². The molecule has 0 aliphatic carbocycles. The quantitative estimate of drug-likeness (QED) is 0.407. The summed E-state index contributed by atoms with van der Waals surface area (Å²) < 4.78 is 4.97. The van der Waals surface area contributed by atoms with Crippen LogP contribution in [-0.2, 0) is 16.1 Å².